The molecule has 0 bridgehead atoms. The van der Waals surface area contributed by atoms with Crippen molar-refractivity contribution in [3.63, 3.8) is 0 Å². The van der Waals surface area contributed by atoms with Gasteiger partial charge in [0.05, 0.1) is 28.8 Å². The molecule has 1 amide bonds. The lowest BCUT2D eigenvalue weighted by molar-refractivity contribution is -0.139. The van der Waals surface area contributed by atoms with Crippen LogP contribution in [0.1, 0.15) is 39.2 Å². The largest absolute Gasteiger partial charge is 0.419 e. The number of hydrogen-bond donors (Lipinski definition) is 3. The van der Waals surface area contributed by atoms with E-state index in [-0.39, 0.29) is 11.3 Å². The van der Waals surface area contributed by atoms with E-state index in [4.69, 9.17) is 0 Å². The lowest BCUT2D eigenvalue weighted by atomic mass is 10.1. The summed E-state index contributed by atoms with van der Waals surface area (Å²) in [5.41, 5.74) is 8.83. The Morgan fingerprint density at radius 1 is 1.02 bits per heavy atom. The molecule has 0 unspecified atom stereocenters. The average molecular weight is 573 g/mol. The van der Waals surface area contributed by atoms with Gasteiger partial charge in [-0.1, -0.05) is 6.07 Å². The summed E-state index contributed by atoms with van der Waals surface area (Å²) in [6.45, 7) is 5.90. The summed E-state index contributed by atoms with van der Waals surface area (Å²) in [6, 6.07) is 6.94. The molecule has 3 heterocycles. The van der Waals surface area contributed by atoms with Crippen molar-refractivity contribution in [1.82, 2.24) is 25.6 Å². The Hall–Kier alpha value is -4.10. The smallest absolute Gasteiger partial charge is 0.368 e. The SMILES string of the molecule is Cc1ccc(NC(=O)c2cc(N3CCCN(C)CC3)c(F)c(C(F)(F)F)c2)cc1N1C=C(c2cnn(C)c2C)NN1. The second-order valence-electron chi connectivity index (χ2n) is 10.4. The van der Waals surface area contributed by atoms with Gasteiger partial charge in [-0.3, -0.25) is 14.5 Å². The van der Waals surface area contributed by atoms with E-state index < -0.39 is 23.5 Å². The minimum absolute atomic E-state index is 0.222. The van der Waals surface area contributed by atoms with Gasteiger partial charge < -0.3 is 20.5 Å². The van der Waals surface area contributed by atoms with Crippen molar-refractivity contribution in [3.05, 3.63) is 76.5 Å². The van der Waals surface area contributed by atoms with Gasteiger partial charge in [-0.25, -0.2) is 4.39 Å². The maximum Gasteiger partial charge on any atom is 0.419 e. The summed E-state index contributed by atoms with van der Waals surface area (Å²) < 4.78 is 58.4. The van der Waals surface area contributed by atoms with Crippen LogP contribution in [-0.4, -0.2) is 53.8 Å². The molecule has 0 radical (unpaired) electrons. The van der Waals surface area contributed by atoms with Crippen LogP contribution in [0.4, 0.5) is 34.6 Å². The summed E-state index contributed by atoms with van der Waals surface area (Å²) in [5.74, 6) is -2.14. The number of carbonyl (C=O) groups excluding carboxylic acids is 1. The number of aromatic nitrogens is 2. The normalized spacial score (nSPS) is 16.4. The lowest BCUT2D eigenvalue weighted by Gasteiger charge is -2.25. The Morgan fingerprint density at radius 3 is 2.51 bits per heavy atom. The summed E-state index contributed by atoms with van der Waals surface area (Å²) >= 11 is 0. The molecule has 41 heavy (non-hydrogen) atoms. The summed E-state index contributed by atoms with van der Waals surface area (Å²) in [7, 11) is 3.76. The van der Waals surface area contributed by atoms with Crippen molar-refractivity contribution in [3.8, 4) is 0 Å². The van der Waals surface area contributed by atoms with E-state index in [1.807, 2.05) is 39.0 Å². The molecule has 9 nitrogen and oxygen atoms in total. The number of likely N-dealkylation sites (N-methyl/N-ethyl adjacent to an activating group) is 1. The molecule has 0 saturated carbocycles. The van der Waals surface area contributed by atoms with Gasteiger partial charge in [-0.2, -0.15) is 18.3 Å². The number of anilines is 3. The van der Waals surface area contributed by atoms with Gasteiger partial charge in [0.15, 0.2) is 5.82 Å². The van der Waals surface area contributed by atoms with Crippen molar-refractivity contribution in [2.45, 2.75) is 26.4 Å². The maximum absolute atomic E-state index is 15.2. The zero-order valence-electron chi connectivity index (χ0n) is 23.2. The van der Waals surface area contributed by atoms with Gasteiger partial charge in [0.2, 0.25) is 0 Å². The van der Waals surface area contributed by atoms with Crippen LogP contribution in [0.5, 0.6) is 0 Å². The third-order valence-electron chi connectivity index (χ3n) is 7.50. The molecule has 0 atom stereocenters. The molecule has 1 fully saturated rings. The predicted molar refractivity (Wildman–Crippen MR) is 150 cm³/mol. The number of nitrogens with one attached hydrogen (secondary N) is 3. The van der Waals surface area contributed by atoms with Crippen LogP contribution in [0.2, 0.25) is 0 Å². The lowest BCUT2D eigenvalue weighted by Crippen LogP contribution is -2.36. The number of hydrogen-bond acceptors (Lipinski definition) is 7. The molecular formula is C28H32F4N8O. The van der Waals surface area contributed by atoms with Gasteiger partial charge in [0.25, 0.3) is 5.91 Å². The maximum atomic E-state index is 15.2. The Balaban J connectivity index is 1.42. The average Bonchev–Trinajstić information content (AvgIpc) is 3.46. The first-order chi connectivity index (χ1) is 19.4. The third-order valence-corrected chi connectivity index (χ3v) is 7.50. The van der Waals surface area contributed by atoms with Gasteiger partial charge in [-0.15, -0.1) is 5.53 Å². The molecular weight excluding hydrogens is 540 g/mol. The first-order valence-electron chi connectivity index (χ1n) is 13.2. The highest BCUT2D eigenvalue weighted by Gasteiger charge is 2.37. The first kappa shape index (κ1) is 28.4. The fraction of sp³-hybridized carbons (Fsp3) is 0.357. The topological polar surface area (TPSA) is 80.7 Å². The minimum atomic E-state index is -4.96. The summed E-state index contributed by atoms with van der Waals surface area (Å²) in [5, 5.41) is 8.69. The number of benzene rings is 2. The van der Waals surface area contributed by atoms with Crippen molar-refractivity contribution >= 4 is 28.7 Å². The Kier molecular flexibility index (Phi) is 7.66. The molecule has 13 heteroatoms. The van der Waals surface area contributed by atoms with E-state index in [9.17, 15) is 18.0 Å². The number of amides is 1. The molecule has 2 aliphatic heterocycles. The molecule has 0 aliphatic carbocycles. The highest BCUT2D eigenvalue weighted by atomic mass is 19.4. The van der Waals surface area contributed by atoms with Crippen LogP contribution in [0.15, 0.2) is 42.7 Å². The van der Waals surface area contributed by atoms with Gasteiger partial charge in [-0.05, 0) is 63.7 Å². The fourth-order valence-corrected chi connectivity index (χ4v) is 4.96. The predicted octanol–water partition coefficient (Wildman–Crippen LogP) is 4.42. The molecule has 218 valence electrons. The highest BCUT2D eigenvalue weighted by molar-refractivity contribution is 6.05. The Bertz CT molecular complexity index is 1500. The van der Waals surface area contributed by atoms with E-state index in [1.165, 1.54) is 6.07 Å². The molecule has 2 aromatic carbocycles. The van der Waals surface area contributed by atoms with E-state index in [2.05, 4.69) is 21.4 Å². The van der Waals surface area contributed by atoms with Gasteiger partial charge in [0, 0.05) is 55.4 Å². The number of aryl methyl sites for hydroxylation is 2. The van der Waals surface area contributed by atoms with Crippen LogP contribution in [0.3, 0.4) is 0 Å². The standard InChI is InChI=1S/C28H32F4N8O/c1-17-6-7-20(14-24(17)40-16-23(35-36-40)21-15-33-38(4)18(21)2)34-27(41)19-12-22(28(30,31)32)26(29)25(13-19)39-9-5-8-37(3)10-11-39/h6-7,12-16,35-36H,5,8-11H2,1-4H3,(H,34,41). The van der Waals surface area contributed by atoms with Crippen molar-refractivity contribution in [2.75, 3.05) is 48.5 Å². The first-order valence-corrected chi connectivity index (χ1v) is 13.2. The zero-order valence-corrected chi connectivity index (χ0v) is 23.2. The number of rotatable bonds is 5. The molecule has 3 N–H and O–H groups in total. The molecule has 1 aromatic heterocycles. The second kappa shape index (κ2) is 11.1. The van der Waals surface area contributed by atoms with Crippen molar-refractivity contribution in [2.24, 2.45) is 7.05 Å². The molecule has 1 saturated heterocycles. The summed E-state index contributed by atoms with van der Waals surface area (Å²) in [6.07, 6.45) is -0.701. The minimum Gasteiger partial charge on any atom is -0.368 e. The quantitative estimate of drug-likeness (QED) is 0.391. The van der Waals surface area contributed by atoms with E-state index in [0.29, 0.717) is 43.5 Å². The third kappa shape index (κ3) is 5.86. The van der Waals surface area contributed by atoms with E-state index in [0.717, 1.165) is 29.1 Å². The van der Waals surface area contributed by atoms with Gasteiger partial charge >= 0.3 is 6.18 Å². The van der Waals surface area contributed by atoms with Crippen LogP contribution >= 0.6 is 0 Å². The Morgan fingerprint density at radius 2 is 1.80 bits per heavy atom. The molecule has 2 aliphatic rings. The zero-order chi connectivity index (χ0) is 29.5. The molecule has 0 spiro atoms. The van der Waals surface area contributed by atoms with Crippen LogP contribution in [0.25, 0.3) is 5.70 Å². The van der Waals surface area contributed by atoms with Crippen molar-refractivity contribution in [1.29, 1.82) is 0 Å². The second-order valence-corrected chi connectivity index (χ2v) is 10.4. The highest BCUT2D eigenvalue weighted by Crippen LogP contribution is 2.37. The number of nitrogens with zero attached hydrogens (tertiary/aromatic N) is 5. The Labute approximate surface area is 235 Å². The van der Waals surface area contributed by atoms with Gasteiger partial charge in [0.1, 0.15) is 0 Å². The number of halogens is 4. The van der Waals surface area contributed by atoms with Crippen molar-refractivity contribution < 1.29 is 22.4 Å². The fourth-order valence-electron chi connectivity index (χ4n) is 4.96. The number of hydrazine groups is 2. The molecule has 3 aromatic rings. The van der Waals surface area contributed by atoms with E-state index in [1.54, 1.807) is 39.0 Å². The number of carbonyl (C=O) groups is 1. The van der Waals surface area contributed by atoms with Crippen LogP contribution < -0.4 is 26.2 Å². The van der Waals surface area contributed by atoms with E-state index >= 15 is 4.39 Å². The van der Waals surface area contributed by atoms with Crippen LogP contribution in [0, 0.1) is 19.7 Å². The molecule has 5 rings (SSSR count). The number of alkyl halides is 3. The summed E-state index contributed by atoms with van der Waals surface area (Å²) in [4.78, 5) is 16.9. The monoisotopic (exact) mass is 572 g/mol. The van der Waals surface area contributed by atoms with Crippen LogP contribution in [-0.2, 0) is 13.2 Å².